The minimum absolute atomic E-state index is 0.550. The van der Waals surface area contributed by atoms with Crippen molar-refractivity contribution >= 4 is 29.2 Å². The number of hydrogen-bond acceptors (Lipinski definition) is 6. The molecule has 88 valence electrons. The van der Waals surface area contributed by atoms with Gasteiger partial charge in [-0.05, 0) is 23.9 Å². The number of nitrogens with zero attached hydrogens (tertiary/aromatic N) is 4. The van der Waals surface area contributed by atoms with Crippen LogP contribution in [0.15, 0.2) is 41.0 Å². The smallest absolute Gasteiger partial charge is 0.181 e. The van der Waals surface area contributed by atoms with Crippen molar-refractivity contribution < 1.29 is 4.79 Å². The van der Waals surface area contributed by atoms with Crippen molar-refractivity contribution in [2.75, 3.05) is 0 Å². The standard InChI is InChI=1S/C11H7N5OS/c17-4-7-1-2-8(12-3-7)18-11-9-10(14-5-13-9)15-6-16-11/h1-6H,(H,13,14,15,16). The Balaban J connectivity index is 1.95. The van der Waals surface area contributed by atoms with Gasteiger partial charge in [-0.3, -0.25) is 4.79 Å². The molecule has 7 heteroatoms. The molecule has 0 amide bonds. The zero-order valence-electron chi connectivity index (χ0n) is 9.07. The summed E-state index contributed by atoms with van der Waals surface area (Å²) >= 11 is 1.39. The summed E-state index contributed by atoms with van der Waals surface area (Å²) in [5.74, 6) is 0. The molecule has 0 aliphatic rings. The van der Waals surface area contributed by atoms with Gasteiger partial charge in [0.05, 0.1) is 6.33 Å². The van der Waals surface area contributed by atoms with E-state index in [1.807, 2.05) is 0 Å². The summed E-state index contributed by atoms with van der Waals surface area (Å²) in [4.78, 5) is 30.0. The summed E-state index contributed by atoms with van der Waals surface area (Å²) in [6, 6.07) is 3.49. The van der Waals surface area contributed by atoms with Gasteiger partial charge in [0.1, 0.15) is 21.9 Å². The third kappa shape index (κ3) is 1.95. The van der Waals surface area contributed by atoms with E-state index in [0.29, 0.717) is 11.2 Å². The number of aromatic amines is 1. The van der Waals surface area contributed by atoms with Crippen molar-refractivity contribution in [3.05, 3.63) is 36.5 Å². The van der Waals surface area contributed by atoms with Gasteiger partial charge in [-0.1, -0.05) is 0 Å². The molecule has 0 atom stereocenters. The first-order chi connectivity index (χ1) is 8.86. The van der Waals surface area contributed by atoms with Crippen LogP contribution in [0.2, 0.25) is 0 Å². The zero-order valence-corrected chi connectivity index (χ0v) is 9.89. The molecule has 0 bridgehead atoms. The molecular formula is C11H7N5OS. The van der Waals surface area contributed by atoms with Gasteiger partial charge in [-0.25, -0.2) is 19.9 Å². The first kappa shape index (κ1) is 10.8. The SMILES string of the molecule is O=Cc1ccc(Sc2ncnc3nc[nH]c23)nc1. The van der Waals surface area contributed by atoms with Crippen LogP contribution in [-0.2, 0) is 0 Å². The lowest BCUT2D eigenvalue weighted by Gasteiger charge is -2.00. The normalized spacial score (nSPS) is 10.7. The van der Waals surface area contributed by atoms with Crippen LogP contribution < -0.4 is 0 Å². The number of fused-ring (bicyclic) bond motifs is 1. The maximum Gasteiger partial charge on any atom is 0.181 e. The quantitative estimate of drug-likeness (QED) is 0.568. The monoisotopic (exact) mass is 257 g/mol. The van der Waals surface area contributed by atoms with Crippen molar-refractivity contribution in [2.24, 2.45) is 0 Å². The van der Waals surface area contributed by atoms with E-state index in [4.69, 9.17) is 0 Å². The summed E-state index contributed by atoms with van der Waals surface area (Å²) < 4.78 is 0. The molecule has 3 aromatic rings. The molecule has 1 N–H and O–H groups in total. The molecule has 0 spiro atoms. The average Bonchev–Trinajstić information content (AvgIpc) is 2.89. The van der Waals surface area contributed by atoms with Crippen LogP contribution in [0, 0.1) is 0 Å². The largest absolute Gasteiger partial charge is 0.341 e. The van der Waals surface area contributed by atoms with Crippen LogP contribution in [0.3, 0.4) is 0 Å². The number of aromatic nitrogens is 5. The molecule has 0 radical (unpaired) electrons. The van der Waals surface area contributed by atoms with Gasteiger partial charge >= 0.3 is 0 Å². The third-order valence-corrected chi connectivity index (χ3v) is 3.24. The highest BCUT2D eigenvalue weighted by molar-refractivity contribution is 7.99. The van der Waals surface area contributed by atoms with E-state index in [9.17, 15) is 4.79 Å². The van der Waals surface area contributed by atoms with Gasteiger partial charge in [0.25, 0.3) is 0 Å². The van der Waals surface area contributed by atoms with E-state index in [-0.39, 0.29) is 0 Å². The van der Waals surface area contributed by atoms with Crippen molar-refractivity contribution in [3.8, 4) is 0 Å². The van der Waals surface area contributed by atoms with Gasteiger partial charge < -0.3 is 4.98 Å². The van der Waals surface area contributed by atoms with E-state index in [2.05, 4.69) is 24.9 Å². The fraction of sp³-hybridized carbons (Fsp3) is 0. The van der Waals surface area contributed by atoms with E-state index in [0.717, 1.165) is 21.9 Å². The highest BCUT2D eigenvalue weighted by Crippen LogP contribution is 2.27. The molecule has 0 unspecified atom stereocenters. The average molecular weight is 257 g/mol. The molecule has 6 nitrogen and oxygen atoms in total. The maximum atomic E-state index is 10.5. The molecular weight excluding hydrogens is 250 g/mol. The summed E-state index contributed by atoms with van der Waals surface area (Å²) in [5.41, 5.74) is 1.95. The molecule has 0 fully saturated rings. The first-order valence-corrected chi connectivity index (χ1v) is 5.91. The van der Waals surface area contributed by atoms with Crippen molar-refractivity contribution in [1.82, 2.24) is 24.9 Å². The van der Waals surface area contributed by atoms with E-state index in [1.54, 1.807) is 18.5 Å². The molecule has 0 saturated heterocycles. The lowest BCUT2D eigenvalue weighted by atomic mass is 10.3. The van der Waals surface area contributed by atoms with Crippen molar-refractivity contribution in [1.29, 1.82) is 0 Å². The number of pyridine rings is 1. The van der Waals surface area contributed by atoms with Crippen LogP contribution >= 0.6 is 11.8 Å². The minimum Gasteiger partial charge on any atom is -0.341 e. The molecule has 3 heterocycles. The Labute approximate surface area is 106 Å². The van der Waals surface area contributed by atoms with E-state index in [1.165, 1.54) is 24.3 Å². The fourth-order valence-electron chi connectivity index (χ4n) is 1.44. The third-order valence-electron chi connectivity index (χ3n) is 2.28. The van der Waals surface area contributed by atoms with Gasteiger partial charge in [0.15, 0.2) is 11.9 Å². The first-order valence-electron chi connectivity index (χ1n) is 5.10. The Hall–Kier alpha value is -2.28. The van der Waals surface area contributed by atoms with Crippen LogP contribution in [0.5, 0.6) is 0 Å². The van der Waals surface area contributed by atoms with E-state index >= 15 is 0 Å². The summed E-state index contributed by atoms with van der Waals surface area (Å²) in [7, 11) is 0. The second kappa shape index (κ2) is 4.53. The fourth-order valence-corrected chi connectivity index (χ4v) is 2.23. The highest BCUT2D eigenvalue weighted by atomic mass is 32.2. The lowest BCUT2D eigenvalue weighted by molar-refractivity contribution is 0.112. The van der Waals surface area contributed by atoms with Gasteiger partial charge in [0, 0.05) is 11.8 Å². The Morgan fingerprint density at radius 1 is 1.17 bits per heavy atom. The number of rotatable bonds is 3. The van der Waals surface area contributed by atoms with Crippen LogP contribution in [0.1, 0.15) is 10.4 Å². The number of nitrogens with one attached hydrogen (secondary N) is 1. The Morgan fingerprint density at radius 3 is 2.89 bits per heavy atom. The minimum atomic E-state index is 0.550. The molecule has 0 aromatic carbocycles. The Morgan fingerprint density at radius 2 is 2.11 bits per heavy atom. The number of carbonyl (C=O) groups is 1. The number of H-pyrrole nitrogens is 1. The highest BCUT2D eigenvalue weighted by Gasteiger charge is 2.08. The number of aldehydes is 1. The molecule has 0 aliphatic carbocycles. The predicted molar refractivity (Wildman–Crippen MR) is 65.4 cm³/mol. The predicted octanol–water partition coefficient (Wildman–Crippen LogP) is 1.71. The van der Waals surface area contributed by atoms with Crippen LogP contribution in [-0.4, -0.2) is 31.2 Å². The Kier molecular flexibility index (Phi) is 2.73. The summed E-state index contributed by atoms with van der Waals surface area (Å²) in [5, 5.41) is 1.51. The van der Waals surface area contributed by atoms with Crippen molar-refractivity contribution in [2.45, 2.75) is 10.1 Å². The molecule has 3 aromatic heterocycles. The Bertz CT molecular complexity index is 694. The van der Waals surface area contributed by atoms with Gasteiger partial charge in [0.2, 0.25) is 0 Å². The second-order valence-corrected chi connectivity index (χ2v) is 4.44. The molecule has 18 heavy (non-hydrogen) atoms. The van der Waals surface area contributed by atoms with Crippen LogP contribution in [0.4, 0.5) is 0 Å². The van der Waals surface area contributed by atoms with Crippen molar-refractivity contribution in [3.63, 3.8) is 0 Å². The number of carbonyl (C=O) groups excluding carboxylic acids is 1. The lowest BCUT2D eigenvalue weighted by Crippen LogP contribution is -1.88. The topological polar surface area (TPSA) is 84.4 Å². The van der Waals surface area contributed by atoms with Crippen LogP contribution in [0.25, 0.3) is 11.2 Å². The number of imidazole rings is 1. The molecule has 0 saturated carbocycles. The molecule has 0 aliphatic heterocycles. The van der Waals surface area contributed by atoms with Gasteiger partial charge in [-0.2, -0.15) is 0 Å². The number of hydrogen-bond donors (Lipinski definition) is 1. The molecule has 3 rings (SSSR count). The second-order valence-electron chi connectivity index (χ2n) is 3.43. The van der Waals surface area contributed by atoms with E-state index < -0.39 is 0 Å². The summed E-state index contributed by atoms with van der Waals surface area (Å²) in [6.45, 7) is 0. The maximum absolute atomic E-state index is 10.5. The summed E-state index contributed by atoms with van der Waals surface area (Å²) in [6.07, 6.45) is 5.33. The van der Waals surface area contributed by atoms with Gasteiger partial charge in [-0.15, -0.1) is 0 Å². The zero-order chi connectivity index (χ0) is 12.4.